The predicted octanol–water partition coefficient (Wildman–Crippen LogP) is 2.09. The minimum Gasteiger partial charge on any atom is -0.496 e. The molecule has 0 bridgehead atoms. The van der Waals surface area contributed by atoms with E-state index in [4.69, 9.17) is 15.4 Å². The Morgan fingerprint density at radius 1 is 1.47 bits per heavy atom. The molecule has 0 spiro atoms. The SMILES string of the molecule is CCc1c(OC)cc([N+](=O)[O-])cc1S(=O)(=O)Cl. The lowest BCUT2D eigenvalue weighted by atomic mass is 10.1. The van der Waals surface area contributed by atoms with Crippen molar-refractivity contribution in [3.05, 3.63) is 27.8 Å². The van der Waals surface area contributed by atoms with E-state index in [-0.39, 0.29) is 16.3 Å². The van der Waals surface area contributed by atoms with Gasteiger partial charge in [0.2, 0.25) is 0 Å². The highest BCUT2D eigenvalue weighted by atomic mass is 35.7. The molecule has 0 aliphatic heterocycles. The van der Waals surface area contributed by atoms with Crippen LogP contribution in [-0.2, 0) is 15.5 Å². The molecule has 0 atom stereocenters. The van der Waals surface area contributed by atoms with Gasteiger partial charge in [-0.1, -0.05) is 6.92 Å². The minimum absolute atomic E-state index is 0.140. The molecule has 0 aliphatic rings. The number of methoxy groups -OCH3 is 1. The molecule has 0 N–H and O–H groups in total. The summed E-state index contributed by atoms with van der Waals surface area (Å²) in [6.45, 7) is 1.70. The lowest BCUT2D eigenvalue weighted by Gasteiger charge is -2.10. The van der Waals surface area contributed by atoms with Crippen LogP contribution >= 0.6 is 10.7 Å². The van der Waals surface area contributed by atoms with E-state index >= 15 is 0 Å². The van der Waals surface area contributed by atoms with E-state index in [9.17, 15) is 18.5 Å². The minimum atomic E-state index is -4.05. The molecule has 1 aromatic rings. The summed E-state index contributed by atoms with van der Waals surface area (Å²) >= 11 is 0. The maximum absolute atomic E-state index is 11.3. The van der Waals surface area contributed by atoms with E-state index < -0.39 is 14.0 Å². The first-order valence-corrected chi connectivity index (χ1v) is 6.92. The molecule has 0 radical (unpaired) electrons. The topological polar surface area (TPSA) is 86.5 Å². The fraction of sp³-hybridized carbons (Fsp3) is 0.333. The van der Waals surface area contributed by atoms with Crippen molar-refractivity contribution in [2.24, 2.45) is 0 Å². The van der Waals surface area contributed by atoms with Gasteiger partial charge < -0.3 is 4.74 Å². The van der Waals surface area contributed by atoms with Crippen LogP contribution in [0.2, 0.25) is 0 Å². The van der Waals surface area contributed by atoms with Crippen molar-refractivity contribution in [2.45, 2.75) is 18.2 Å². The zero-order valence-electron chi connectivity index (χ0n) is 9.14. The van der Waals surface area contributed by atoms with E-state index in [0.717, 1.165) is 6.07 Å². The molecule has 0 aliphatic carbocycles. The summed E-state index contributed by atoms with van der Waals surface area (Å²) in [6, 6.07) is 2.11. The Balaban J connectivity index is 3.66. The Morgan fingerprint density at radius 3 is 2.41 bits per heavy atom. The van der Waals surface area contributed by atoms with Crippen molar-refractivity contribution in [1.29, 1.82) is 0 Å². The number of nitro benzene ring substituents is 1. The molecule has 0 aromatic heterocycles. The normalized spacial score (nSPS) is 11.2. The summed E-state index contributed by atoms with van der Waals surface area (Å²) in [4.78, 5) is 9.67. The van der Waals surface area contributed by atoms with Crippen molar-refractivity contribution in [2.75, 3.05) is 7.11 Å². The number of nitro groups is 1. The van der Waals surface area contributed by atoms with Gasteiger partial charge in [0.15, 0.2) is 0 Å². The van der Waals surface area contributed by atoms with E-state index in [2.05, 4.69) is 0 Å². The zero-order chi connectivity index (χ0) is 13.2. The second-order valence-electron chi connectivity index (χ2n) is 3.17. The predicted molar refractivity (Wildman–Crippen MR) is 62.1 cm³/mol. The molecule has 1 rings (SSSR count). The second kappa shape index (κ2) is 4.89. The van der Waals surface area contributed by atoms with Crippen LogP contribution in [0.4, 0.5) is 5.69 Å². The van der Waals surface area contributed by atoms with Crippen LogP contribution in [0.25, 0.3) is 0 Å². The van der Waals surface area contributed by atoms with Crippen LogP contribution in [0.5, 0.6) is 5.75 Å². The summed E-state index contributed by atoms with van der Waals surface area (Å²) in [5.74, 6) is 0.140. The van der Waals surface area contributed by atoms with Gasteiger partial charge in [-0.15, -0.1) is 0 Å². The third-order valence-electron chi connectivity index (χ3n) is 2.20. The van der Waals surface area contributed by atoms with Gasteiger partial charge in [-0.25, -0.2) is 8.42 Å². The number of hydrogen-bond donors (Lipinski definition) is 0. The second-order valence-corrected chi connectivity index (χ2v) is 5.71. The number of rotatable bonds is 4. The maximum Gasteiger partial charge on any atom is 0.274 e. The largest absolute Gasteiger partial charge is 0.496 e. The summed E-state index contributed by atoms with van der Waals surface area (Å²) in [5.41, 5.74) is -0.0497. The van der Waals surface area contributed by atoms with E-state index in [1.807, 2.05) is 0 Å². The Hall–Kier alpha value is -1.34. The fourth-order valence-corrected chi connectivity index (χ4v) is 2.67. The third-order valence-corrected chi connectivity index (χ3v) is 3.59. The highest BCUT2D eigenvalue weighted by Crippen LogP contribution is 2.33. The lowest BCUT2D eigenvalue weighted by molar-refractivity contribution is -0.385. The summed E-state index contributed by atoms with van der Waals surface area (Å²) in [5, 5.41) is 10.7. The monoisotopic (exact) mass is 279 g/mol. The highest BCUT2D eigenvalue weighted by molar-refractivity contribution is 8.13. The average molecular weight is 280 g/mol. The van der Waals surface area contributed by atoms with Gasteiger partial charge in [0.25, 0.3) is 14.7 Å². The van der Waals surface area contributed by atoms with Gasteiger partial charge in [0, 0.05) is 22.3 Å². The van der Waals surface area contributed by atoms with E-state index in [0.29, 0.717) is 12.0 Å². The fourth-order valence-electron chi connectivity index (χ4n) is 1.46. The highest BCUT2D eigenvalue weighted by Gasteiger charge is 2.23. The zero-order valence-corrected chi connectivity index (χ0v) is 10.7. The van der Waals surface area contributed by atoms with Gasteiger partial charge in [-0.2, -0.15) is 0 Å². The smallest absolute Gasteiger partial charge is 0.274 e. The molecule has 0 fully saturated rings. The molecule has 17 heavy (non-hydrogen) atoms. The van der Waals surface area contributed by atoms with Crippen LogP contribution in [-0.4, -0.2) is 20.5 Å². The molecule has 0 amide bonds. The molecule has 0 saturated carbocycles. The number of ether oxygens (including phenoxy) is 1. The Kier molecular flexibility index (Phi) is 3.94. The average Bonchev–Trinajstić information content (AvgIpc) is 2.25. The Morgan fingerprint density at radius 2 is 2.06 bits per heavy atom. The van der Waals surface area contributed by atoms with Crippen molar-refractivity contribution < 1.29 is 18.1 Å². The van der Waals surface area contributed by atoms with Crippen LogP contribution in [0.3, 0.4) is 0 Å². The van der Waals surface area contributed by atoms with Crippen LogP contribution < -0.4 is 4.74 Å². The van der Waals surface area contributed by atoms with Gasteiger partial charge in [-0.3, -0.25) is 10.1 Å². The summed E-state index contributed by atoms with van der Waals surface area (Å²) < 4.78 is 27.6. The quantitative estimate of drug-likeness (QED) is 0.478. The molecule has 0 saturated heterocycles. The number of hydrogen-bond acceptors (Lipinski definition) is 5. The molecule has 1 aromatic carbocycles. The van der Waals surface area contributed by atoms with Gasteiger partial charge in [0.05, 0.1) is 23.0 Å². The first-order chi connectivity index (χ1) is 7.81. The molecule has 6 nitrogen and oxygen atoms in total. The van der Waals surface area contributed by atoms with Crippen molar-refractivity contribution >= 4 is 25.4 Å². The van der Waals surface area contributed by atoms with Crippen LogP contribution in [0, 0.1) is 10.1 Å². The molecular formula is C9H10ClNO5S. The third kappa shape index (κ3) is 2.86. The summed E-state index contributed by atoms with van der Waals surface area (Å²) in [7, 11) is 2.50. The first-order valence-electron chi connectivity index (χ1n) is 4.61. The van der Waals surface area contributed by atoms with Crippen molar-refractivity contribution in [3.8, 4) is 5.75 Å². The molecule has 0 heterocycles. The Labute approximate surface area is 103 Å². The van der Waals surface area contributed by atoms with Gasteiger partial charge in [-0.05, 0) is 6.42 Å². The standard InChI is InChI=1S/C9H10ClNO5S/c1-3-7-8(16-2)4-6(11(12)13)5-9(7)17(10,14)15/h4-5H,3H2,1-2H3. The number of nitrogens with zero attached hydrogens (tertiary/aromatic N) is 1. The van der Waals surface area contributed by atoms with Gasteiger partial charge >= 0.3 is 0 Å². The molecule has 94 valence electrons. The Bertz CT molecular complexity index is 555. The van der Waals surface area contributed by atoms with Crippen molar-refractivity contribution in [1.82, 2.24) is 0 Å². The number of benzene rings is 1. The van der Waals surface area contributed by atoms with E-state index in [1.165, 1.54) is 13.2 Å². The number of halogens is 1. The maximum atomic E-state index is 11.3. The van der Waals surface area contributed by atoms with Crippen molar-refractivity contribution in [3.63, 3.8) is 0 Å². The molecule has 0 unspecified atom stereocenters. The van der Waals surface area contributed by atoms with Crippen LogP contribution in [0.15, 0.2) is 17.0 Å². The van der Waals surface area contributed by atoms with E-state index in [1.54, 1.807) is 6.92 Å². The lowest BCUT2D eigenvalue weighted by Crippen LogP contribution is -2.02. The number of non-ortho nitro benzene ring substituents is 1. The first kappa shape index (κ1) is 13.7. The van der Waals surface area contributed by atoms with Gasteiger partial charge in [0.1, 0.15) is 5.75 Å². The summed E-state index contributed by atoms with van der Waals surface area (Å²) in [6.07, 6.45) is 0.336. The van der Waals surface area contributed by atoms with Crippen LogP contribution in [0.1, 0.15) is 12.5 Å². The molecular weight excluding hydrogens is 270 g/mol. The molecule has 8 heteroatoms.